The highest BCUT2D eigenvalue weighted by Crippen LogP contribution is 2.36. The Morgan fingerprint density at radius 2 is 1.80 bits per heavy atom. The molecule has 0 aliphatic carbocycles. The van der Waals surface area contributed by atoms with Gasteiger partial charge in [0.1, 0.15) is 22.8 Å². The average Bonchev–Trinajstić information content (AvgIpc) is 2.53. The second-order valence-electron chi connectivity index (χ2n) is 3.49. The molecular weight excluding hydrogens is 192 g/mol. The molecule has 0 spiro atoms. The molecule has 0 saturated carbocycles. The van der Waals surface area contributed by atoms with Gasteiger partial charge in [0.25, 0.3) is 0 Å². The summed E-state index contributed by atoms with van der Waals surface area (Å²) in [5.74, 6) is 2.45. The van der Waals surface area contributed by atoms with Gasteiger partial charge in [-0.3, -0.25) is 0 Å². The predicted molar refractivity (Wildman–Crippen MR) is 58.8 cm³/mol. The zero-order valence-corrected chi connectivity index (χ0v) is 9.38. The van der Waals surface area contributed by atoms with Crippen LogP contribution >= 0.6 is 0 Å². The smallest absolute Gasteiger partial charge is 0.141 e. The molecule has 2 aromatic rings. The highest BCUT2D eigenvalue weighted by molar-refractivity contribution is 5.89. The van der Waals surface area contributed by atoms with Crippen LogP contribution in [0.1, 0.15) is 11.3 Å². The summed E-state index contributed by atoms with van der Waals surface area (Å²) in [5, 5.41) is 1.02. The third-order valence-corrected chi connectivity index (χ3v) is 2.66. The van der Waals surface area contributed by atoms with Crippen LogP contribution in [0.2, 0.25) is 0 Å². The van der Waals surface area contributed by atoms with Crippen molar-refractivity contribution in [2.75, 3.05) is 14.2 Å². The molecule has 2 rings (SSSR count). The Bertz CT molecular complexity index is 497. The van der Waals surface area contributed by atoms with Crippen molar-refractivity contribution in [3.8, 4) is 11.5 Å². The number of hydrogen-bond donors (Lipinski definition) is 0. The molecule has 3 nitrogen and oxygen atoms in total. The second-order valence-corrected chi connectivity index (χ2v) is 3.49. The van der Waals surface area contributed by atoms with Gasteiger partial charge in [0.15, 0.2) is 0 Å². The predicted octanol–water partition coefficient (Wildman–Crippen LogP) is 3.07. The summed E-state index contributed by atoms with van der Waals surface area (Å²) in [6, 6.07) is 3.74. The summed E-state index contributed by atoms with van der Waals surface area (Å²) in [5.41, 5.74) is 1.92. The maximum absolute atomic E-state index is 5.62. The van der Waals surface area contributed by atoms with Crippen molar-refractivity contribution < 1.29 is 13.9 Å². The zero-order valence-electron chi connectivity index (χ0n) is 9.38. The maximum atomic E-state index is 5.62. The van der Waals surface area contributed by atoms with E-state index in [1.54, 1.807) is 14.2 Å². The number of benzene rings is 1. The number of furan rings is 1. The van der Waals surface area contributed by atoms with E-state index in [1.165, 1.54) is 0 Å². The lowest BCUT2D eigenvalue weighted by Gasteiger charge is -2.05. The molecular formula is C12H14O3. The lowest BCUT2D eigenvalue weighted by Crippen LogP contribution is -1.88. The van der Waals surface area contributed by atoms with Gasteiger partial charge in [0, 0.05) is 17.7 Å². The first kappa shape index (κ1) is 9.90. The summed E-state index contributed by atoms with van der Waals surface area (Å²) in [7, 11) is 3.28. The molecule has 80 valence electrons. The number of methoxy groups -OCH3 is 2. The van der Waals surface area contributed by atoms with Crippen LogP contribution in [0.3, 0.4) is 0 Å². The number of rotatable bonds is 2. The Morgan fingerprint density at radius 3 is 2.40 bits per heavy atom. The minimum absolute atomic E-state index is 0.744. The quantitative estimate of drug-likeness (QED) is 0.756. The van der Waals surface area contributed by atoms with E-state index in [9.17, 15) is 0 Å². The van der Waals surface area contributed by atoms with Crippen LogP contribution in [0.15, 0.2) is 16.5 Å². The van der Waals surface area contributed by atoms with E-state index in [-0.39, 0.29) is 0 Å². The number of aryl methyl sites for hydroxylation is 2. The molecule has 0 N–H and O–H groups in total. The van der Waals surface area contributed by atoms with Gasteiger partial charge in [-0.1, -0.05) is 0 Å². The monoisotopic (exact) mass is 206 g/mol. The maximum Gasteiger partial charge on any atom is 0.141 e. The third-order valence-electron chi connectivity index (χ3n) is 2.66. The highest BCUT2D eigenvalue weighted by Gasteiger charge is 2.13. The van der Waals surface area contributed by atoms with Crippen LogP contribution in [-0.2, 0) is 0 Å². The molecule has 15 heavy (non-hydrogen) atoms. The van der Waals surface area contributed by atoms with Crippen molar-refractivity contribution in [3.05, 3.63) is 23.5 Å². The lowest BCUT2D eigenvalue weighted by atomic mass is 10.1. The van der Waals surface area contributed by atoms with Gasteiger partial charge in [-0.2, -0.15) is 0 Å². The van der Waals surface area contributed by atoms with Gasteiger partial charge in [-0.15, -0.1) is 0 Å². The second kappa shape index (κ2) is 3.50. The molecule has 1 aromatic carbocycles. The molecule has 1 aromatic heterocycles. The summed E-state index contributed by atoms with van der Waals surface area (Å²) in [6.45, 7) is 3.97. The van der Waals surface area contributed by atoms with Gasteiger partial charge in [-0.25, -0.2) is 0 Å². The van der Waals surface area contributed by atoms with Gasteiger partial charge < -0.3 is 13.9 Å². The van der Waals surface area contributed by atoms with Crippen LogP contribution in [-0.4, -0.2) is 14.2 Å². The van der Waals surface area contributed by atoms with E-state index in [1.807, 2.05) is 26.0 Å². The Hall–Kier alpha value is -1.64. The Kier molecular flexibility index (Phi) is 2.31. The van der Waals surface area contributed by atoms with Gasteiger partial charge in [0.05, 0.1) is 19.6 Å². The fourth-order valence-electron chi connectivity index (χ4n) is 1.71. The van der Waals surface area contributed by atoms with E-state index in [0.29, 0.717) is 0 Å². The molecule has 0 aliphatic heterocycles. The standard InChI is InChI=1S/C12H14O3/c1-7-8(2)15-11-6-9(13-3)5-10(14-4)12(7)11/h5-6H,1-4H3. The molecule has 3 heteroatoms. The summed E-state index contributed by atoms with van der Waals surface area (Å²) >= 11 is 0. The Balaban J connectivity index is 2.81. The SMILES string of the molecule is COc1cc(OC)c2c(C)c(C)oc2c1. The molecule has 0 fully saturated rings. The van der Waals surface area contributed by atoms with E-state index in [0.717, 1.165) is 33.8 Å². The number of fused-ring (bicyclic) bond motifs is 1. The fraction of sp³-hybridized carbons (Fsp3) is 0.333. The summed E-state index contributed by atoms with van der Waals surface area (Å²) in [4.78, 5) is 0. The molecule has 0 bridgehead atoms. The zero-order chi connectivity index (χ0) is 11.0. The Morgan fingerprint density at radius 1 is 1.07 bits per heavy atom. The van der Waals surface area contributed by atoms with Crippen LogP contribution in [0, 0.1) is 13.8 Å². The summed E-state index contributed by atoms with van der Waals surface area (Å²) in [6.07, 6.45) is 0. The molecule has 0 aliphatic rings. The minimum atomic E-state index is 0.744. The van der Waals surface area contributed by atoms with E-state index >= 15 is 0 Å². The van der Waals surface area contributed by atoms with Crippen molar-refractivity contribution >= 4 is 11.0 Å². The fourth-order valence-corrected chi connectivity index (χ4v) is 1.71. The van der Waals surface area contributed by atoms with E-state index in [2.05, 4.69) is 0 Å². The largest absolute Gasteiger partial charge is 0.496 e. The molecule has 0 amide bonds. The molecule has 1 heterocycles. The van der Waals surface area contributed by atoms with Gasteiger partial charge >= 0.3 is 0 Å². The molecule has 0 saturated heterocycles. The first-order valence-electron chi connectivity index (χ1n) is 4.79. The van der Waals surface area contributed by atoms with E-state index in [4.69, 9.17) is 13.9 Å². The van der Waals surface area contributed by atoms with Crippen LogP contribution in [0.25, 0.3) is 11.0 Å². The highest BCUT2D eigenvalue weighted by atomic mass is 16.5. The topological polar surface area (TPSA) is 31.6 Å². The third kappa shape index (κ3) is 1.44. The van der Waals surface area contributed by atoms with Crippen LogP contribution < -0.4 is 9.47 Å². The van der Waals surface area contributed by atoms with Crippen LogP contribution in [0.5, 0.6) is 11.5 Å². The van der Waals surface area contributed by atoms with Crippen molar-refractivity contribution in [3.63, 3.8) is 0 Å². The first-order valence-corrected chi connectivity index (χ1v) is 4.79. The van der Waals surface area contributed by atoms with Crippen molar-refractivity contribution in [1.82, 2.24) is 0 Å². The average molecular weight is 206 g/mol. The molecule has 0 radical (unpaired) electrons. The van der Waals surface area contributed by atoms with Crippen molar-refractivity contribution in [2.45, 2.75) is 13.8 Å². The van der Waals surface area contributed by atoms with Gasteiger partial charge in [-0.05, 0) is 13.8 Å². The van der Waals surface area contributed by atoms with Gasteiger partial charge in [0.2, 0.25) is 0 Å². The lowest BCUT2D eigenvalue weighted by molar-refractivity contribution is 0.397. The minimum Gasteiger partial charge on any atom is -0.496 e. The molecule has 0 unspecified atom stereocenters. The van der Waals surface area contributed by atoms with Crippen LogP contribution in [0.4, 0.5) is 0 Å². The van der Waals surface area contributed by atoms with Crippen molar-refractivity contribution in [2.24, 2.45) is 0 Å². The van der Waals surface area contributed by atoms with Crippen molar-refractivity contribution in [1.29, 1.82) is 0 Å². The normalized spacial score (nSPS) is 10.7. The van der Waals surface area contributed by atoms with E-state index < -0.39 is 0 Å². The first-order chi connectivity index (χ1) is 7.17. The Labute approximate surface area is 88.6 Å². The molecule has 0 atom stereocenters. The summed E-state index contributed by atoms with van der Waals surface area (Å²) < 4.78 is 16.1. The number of ether oxygens (including phenoxy) is 2. The number of hydrogen-bond acceptors (Lipinski definition) is 3.